The van der Waals surface area contributed by atoms with E-state index >= 15 is 0 Å². The summed E-state index contributed by atoms with van der Waals surface area (Å²) in [6.45, 7) is 7.43. The lowest BCUT2D eigenvalue weighted by atomic mass is 9.81. The van der Waals surface area contributed by atoms with Gasteiger partial charge in [-0.15, -0.1) is 0 Å². The minimum atomic E-state index is -1.14. The van der Waals surface area contributed by atoms with E-state index in [2.05, 4.69) is 0 Å². The van der Waals surface area contributed by atoms with Crippen LogP contribution in [0.5, 0.6) is 11.5 Å². The molecular weight excluding hydrogens is 620 g/mol. The molecule has 2 aliphatic carbocycles. The van der Waals surface area contributed by atoms with E-state index < -0.39 is 23.5 Å². The molecule has 0 saturated carbocycles. The van der Waals surface area contributed by atoms with Crippen molar-refractivity contribution < 1.29 is 38.4 Å². The molecule has 0 radical (unpaired) electrons. The van der Waals surface area contributed by atoms with Gasteiger partial charge in [-0.2, -0.15) is 0 Å². The lowest BCUT2D eigenvalue weighted by molar-refractivity contribution is -0.139. The number of aliphatic hydroxyl groups is 1. The van der Waals surface area contributed by atoms with E-state index in [0.29, 0.717) is 28.2 Å². The van der Waals surface area contributed by atoms with Crippen molar-refractivity contribution in [2.24, 2.45) is 0 Å². The first-order valence-electron chi connectivity index (χ1n) is 16.1. The van der Waals surface area contributed by atoms with Gasteiger partial charge in [-0.05, 0) is 85.8 Å². The van der Waals surface area contributed by atoms with Crippen LogP contribution in [-0.4, -0.2) is 55.9 Å². The number of carbonyl (C=O) groups excluding carboxylic acids is 3. The highest BCUT2D eigenvalue weighted by Crippen LogP contribution is 2.51. The molecule has 1 atom stereocenters. The van der Waals surface area contributed by atoms with Crippen molar-refractivity contribution in [3.8, 4) is 11.5 Å². The molecule has 252 valence electrons. The molecule has 0 spiro atoms. The van der Waals surface area contributed by atoms with E-state index in [0.717, 1.165) is 33.4 Å². The van der Waals surface area contributed by atoms with Gasteiger partial charge in [0.15, 0.2) is 0 Å². The summed E-state index contributed by atoms with van der Waals surface area (Å²) in [7, 11) is 3.15. The molecule has 6 rings (SSSR count). The Morgan fingerprint density at radius 2 is 1.18 bits per heavy atom. The molecule has 1 N–H and O–H groups in total. The van der Waals surface area contributed by atoms with E-state index in [1.54, 1.807) is 60.1 Å². The maximum atomic E-state index is 12.9. The van der Waals surface area contributed by atoms with Gasteiger partial charge in [0.2, 0.25) is 5.78 Å². The first-order valence-corrected chi connectivity index (χ1v) is 16.1. The number of Topliss-reactive ketones (excluding diaryl/α,β-unsaturated/α-hetero) is 1. The van der Waals surface area contributed by atoms with Crippen LogP contribution in [0.4, 0.5) is 0 Å². The van der Waals surface area contributed by atoms with Crippen LogP contribution < -0.4 is 9.47 Å². The number of ketones is 1. The third kappa shape index (κ3) is 6.91. The number of benzene rings is 4. The Hall–Kier alpha value is -5.47. The van der Waals surface area contributed by atoms with Crippen LogP contribution in [0.2, 0.25) is 0 Å². The van der Waals surface area contributed by atoms with Crippen molar-refractivity contribution in [2.75, 3.05) is 27.4 Å². The molecule has 8 heteroatoms. The summed E-state index contributed by atoms with van der Waals surface area (Å²) in [6, 6.07) is 30.1. The SMILES string of the molecule is CCOC(=O)C1=C(c2ccccc2)c2ccc(OC)cc2C1=O.CCOC(=O)C1=C(c2ccccc2)c2ccc(OC)cc2C1C(C)(C)O. The fourth-order valence-electron chi connectivity index (χ4n) is 6.40. The molecule has 0 heterocycles. The van der Waals surface area contributed by atoms with Gasteiger partial charge in [0, 0.05) is 22.6 Å². The van der Waals surface area contributed by atoms with E-state index in [1.807, 2.05) is 78.9 Å². The second-order valence-corrected chi connectivity index (χ2v) is 12.0. The largest absolute Gasteiger partial charge is 0.497 e. The van der Waals surface area contributed by atoms with E-state index in [4.69, 9.17) is 18.9 Å². The van der Waals surface area contributed by atoms with Crippen molar-refractivity contribution in [2.45, 2.75) is 39.2 Å². The zero-order chi connectivity index (χ0) is 35.3. The van der Waals surface area contributed by atoms with Gasteiger partial charge in [-0.3, -0.25) is 4.79 Å². The van der Waals surface area contributed by atoms with E-state index in [-0.39, 0.29) is 24.6 Å². The van der Waals surface area contributed by atoms with Gasteiger partial charge in [0.25, 0.3) is 0 Å². The lowest BCUT2D eigenvalue weighted by Gasteiger charge is -2.28. The number of ether oxygens (including phenoxy) is 4. The van der Waals surface area contributed by atoms with Gasteiger partial charge < -0.3 is 24.1 Å². The first kappa shape index (κ1) is 34.9. The minimum absolute atomic E-state index is 0.0845. The average molecular weight is 661 g/mol. The Bertz CT molecular complexity index is 1930. The van der Waals surface area contributed by atoms with Crippen molar-refractivity contribution in [3.63, 3.8) is 0 Å². The zero-order valence-corrected chi connectivity index (χ0v) is 28.5. The highest BCUT2D eigenvalue weighted by Gasteiger charge is 2.44. The number of rotatable bonds is 9. The molecule has 0 aromatic heterocycles. The number of hydrogen-bond acceptors (Lipinski definition) is 8. The molecule has 4 aromatic rings. The third-order valence-corrected chi connectivity index (χ3v) is 8.42. The summed E-state index contributed by atoms with van der Waals surface area (Å²) in [5.74, 6) is -0.539. The fourth-order valence-corrected chi connectivity index (χ4v) is 6.40. The molecule has 2 aliphatic rings. The van der Waals surface area contributed by atoms with Crippen LogP contribution in [-0.2, 0) is 19.1 Å². The summed E-state index contributed by atoms with van der Waals surface area (Å²) >= 11 is 0. The van der Waals surface area contributed by atoms with Gasteiger partial charge in [-0.25, -0.2) is 9.59 Å². The molecule has 0 bridgehead atoms. The van der Waals surface area contributed by atoms with Gasteiger partial charge in [-0.1, -0.05) is 66.7 Å². The number of fused-ring (bicyclic) bond motifs is 2. The molecule has 0 amide bonds. The Kier molecular flexibility index (Phi) is 10.5. The van der Waals surface area contributed by atoms with Crippen molar-refractivity contribution in [1.29, 1.82) is 0 Å². The highest BCUT2D eigenvalue weighted by molar-refractivity contribution is 6.35. The third-order valence-electron chi connectivity index (χ3n) is 8.42. The molecule has 0 aliphatic heterocycles. The minimum Gasteiger partial charge on any atom is -0.497 e. The van der Waals surface area contributed by atoms with Crippen LogP contribution >= 0.6 is 0 Å². The number of esters is 2. The second-order valence-electron chi connectivity index (χ2n) is 12.0. The summed E-state index contributed by atoms with van der Waals surface area (Å²) in [4.78, 5) is 38.0. The fraction of sp³-hybridized carbons (Fsp3) is 0.244. The molecule has 0 fully saturated rings. The summed E-state index contributed by atoms with van der Waals surface area (Å²) in [5, 5.41) is 10.9. The standard InChI is InChI=1S/C22H24O4.C19H16O4/c1-5-26-21(23)19-18(14-9-7-6-8-10-14)16-12-11-15(25-4)13-17(16)20(19)22(2,3)24;1-3-23-19(21)17-16(12-7-5-4-6-8-12)14-10-9-13(22-2)11-15(14)18(17)20/h6-13,20,24H,5H2,1-4H3;4-11H,3H2,1-2H3. The van der Waals surface area contributed by atoms with Gasteiger partial charge >= 0.3 is 11.9 Å². The van der Waals surface area contributed by atoms with Crippen LogP contribution in [0.15, 0.2) is 108 Å². The molecule has 49 heavy (non-hydrogen) atoms. The molecule has 0 saturated heterocycles. The van der Waals surface area contributed by atoms with E-state index in [1.165, 1.54) is 0 Å². The molecular formula is C41H40O8. The lowest BCUT2D eigenvalue weighted by Crippen LogP contribution is -2.32. The summed E-state index contributed by atoms with van der Waals surface area (Å²) in [6.07, 6.45) is 0. The smallest absolute Gasteiger partial charge is 0.342 e. The van der Waals surface area contributed by atoms with Crippen LogP contribution in [0.3, 0.4) is 0 Å². The maximum Gasteiger partial charge on any atom is 0.342 e. The average Bonchev–Trinajstić information content (AvgIpc) is 3.61. The first-order chi connectivity index (χ1) is 23.5. The van der Waals surface area contributed by atoms with Crippen molar-refractivity contribution in [1.82, 2.24) is 0 Å². The second kappa shape index (κ2) is 14.7. The van der Waals surface area contributed by atoms with Crippen LogP contribution in [0, 0.1) is 0 Å². The number of carbonyl (C=O) groups is 3. The predicted octanol–water partition coefficient (Wildman–Crippen LogP) is 7.18. The Labute approximate surface area is 286 Å². The summed E-state index contributed by atoms with van der Waals surface area (Å²) in [5.41, 5.74) is 5.60. The molecule has 4 aromatic carbocycles. The number of hydrogen-bond donors (Lipinski definition) is 1. The molecule has 8 nitrogen and oxygen atoms in total. The summed E-state index contributed by atoms with van der Waals surface area (Å²) < 4.78 is 21.0. The Balaban J connectivity index is 0.000000192. The predicted molar refractivity (Wildman–Crippen MR) is 188 cm³/mol. The highest BCUT2D eigenvalue weighted by atomic mass is 16.5. The van der Waals surface area contributed by atoms with Gasteiger partial charge in [0.05, 0.1) is 38.6 Å². The Morgan fingerprint density at radius 1 is 0.673 bits per heavy atom. The maximum absolute atomic E-state index is 12.9. The van der Waals surface area contributed by atoms with E-state index in [9.17, 15) is 19.5 Å². The van der Waals surface area contributed by atoms with Crippen LogP contribution in [0.1, 0.15) is 71.8 Å². The normalized spacial score (nSPS) is 14.8. The monoisotopic (exact) mass is 660 g/mol. The zero-order valence-electron chi connectivity index (χ0n) is 28.5. The van der Waals surface area contributed by atoms with Gasteiger partial charge in [0.1, 0.15) is 17.1 Å². The number of methoxy groups -OCH3 is 2. The van der Waals surface area contributed by atoms with Crippen molar-refractivity contribution >= 4 is 28.9 Å². The Morgan fingerprint density at radius 3 is 1.71 bits per heavy atom. The quantitative estimate of drug-likeness (QED) is 0.149. The molecule has 1 unspecified atom stereocenters. The van der Waals surface area contributed by atoms with Crippen molar-refractivity contribution in [3.05, 3.63) is 142 Å². The topological polar surface area (TPSA) is 108 Å². The van der Waals surface area contributed by atoms with Crippen LogP contribution in [0.25, 0.3) is 11.1 Å².